The first-order chi connectivity index (χ1) is 3.95. The summed E-state index contributed by atoms with van der Waals surface area (Å²) in [6.07, 6.45) is 1.39. The van der Waals surface area contributed by atoms with Crippen LogP contribution in [0.25, 0.3) is 0 Å². The molecule has 0 spiro atoms. The summed E-state index contributed by atoms with van der Waals surface area (Å²) in [4.78, 5) is 5.03. The maximum absolute atomic E-state index is 2.52. The standard InChI is InChI=1S/C6H12N2/c1-2-7-4-5-8(3-1)6-7/h1-6H2. The summed E-state index contributed by atoms with van der Waals surface area (Å²) in [5.74, 6) is 0. The van der Waals surface area contributed by atoms with E-state index in [2.05, 4.69) is 9.80 Å². The number of rotatable bonds is 0. The van der Waals surface area contributed by atoms with E-state index < -0.39 is 0 Å². The molecular weight excluding hydrogens is 100 g/mol. The molecule has 2 rings (SSSR count). The molecule has 2 heteroatoms. The minimum absolute atomic E-state index is 1.25. The first kappa shape index (κ1) is 4.77. The molecule has 0 saturated carbocycles. The minimum atomic E-state index is 1.25. The van der Waals surface area contributed by atoms with Gasteiger partial charge in [0.05, 0.1) is 6.67 Å². The lowest BCUT2D eigenvalue weighted by Gasteiger charge is -2.23. The van der Waals surface area contributed by atoms with Crippen LogP contribution in [0.2, 0.25) is 0 Å². The van der Waals surface area contributed by atoms with Gasteiger partial charge in [0, 0.05) is 26.2 Å². The lowest BCUT2D eigenvalue weighted by molar-refractivity contribution is 0.191. The van der Waals surface area contributed by atoms with Crippen LogP contribution < -0.4 is 0 Å². The van der Waals surface area contributed by atoms with Crippen LogP contribution in [-0.2, 0) is 0 Å². The second-order valence-electron chi connectivity index (χ2n) is 2.73. The van der Waals surface area contributed by atoms with Crippen molar-refractivity contribution in [3.63, 3.8) is 0 Å². The van der Waals surface area contributed by atoms with E-state index in [9.17, 15) is 0 Å². The molecule has 0 amide bonds. The molecule has 2 saturated heterocycles. The van der Waals surface area contributed by atoms with E-state index in [-0.39, 0.29) is 0 Å². The van der Waals surface area contributed by atoms with Gasteiger partial charge in [-0.3, -0.25) is 9.80 Å². The first-order valence-corrected chi connectivity index (χ1v) is 3.40. The van der Waals surface area contributed by atoms with Crippen LogP contribution in [0.3, 0.4) is 0 Å². The fraction of sp³-hybridized carbons (Fsp3) is 1.00. The van der Waals surface area contributed by atoms with Gasteiger partial charge in [-0.2, -0.15) is 0 Å². The number of nitrogens with zero attached hydrogens (tertiary/aromatic N) is 2. The van der Waals surface area contributed by atoms with Crippen LogP contribution in [0.4, 0.5) is 0 Å². The van der Waals surface area contributed by atoms with Crippen LogP contribution in [-0.4, -0.2) is 42.6 Å². The molecule has 46 valence electrons. The molecule has 2 heterocycles. The zero-order chi connectivity index (χ0) is 5.40. The summed E-state index contributed by atoms with van der Waals surface area (Å²) in [7, 11) is 0. The summed E-state index contributed by atoms with van der Waals surface area (Å²) in [6, 6.07) is 0. The van der Waals surface area contributed by atoms with Crippen LogP contribution in [0.1, 0.15) is 6.42 Å². The smallest absolute Gasteiger partial charge is 0.0507 e. The molecule has 8 heavy (non-hydrogen) atoms. The SMILES string of the molecule is C1CN2CCN(C1)C2. The Morgan fingerprint density at radius 3 is 1.88 bits per heavy atom. The molecule has 0 radical (unpaired) electrons. The third-order valence-electron chi connectivity index (χ3n) is 2.08. The fourth-order valence-electron chi connectivity index (χ4n) is 1.59. The van der Waals surface area contributed by atoms with E-state index in [1.807, 2.05) is 0 Å². The lowest BCUT2D eigenvalue weighted by Crippen LogP contribution is -2.33. The highest BCUT2D eigenvalue weighted by Crippen LogP contribution is 2.10. The Labute approximate surface area is 50.1 Å². The summed E-state index contributed by atoms with van der Waals surface area (Å²) >= 11 is 0. The van der Waals surface area contributed by atoms with Gasteiger partial charge in [-0.25, -0.2) is 0 Å². The van der Waals surface area contributed by atoms with E-state index in [4.69, 9.17) is 0 Å². The van der Waals surface area contributed by atoms with Crippen molar-refractivity contribution < 1.29 is 0 Å². The number of hydrogen-bond acceptors (Lipinski definition) is 2. The molecule has 0 aromatic carbocycles. The van der Waals surface area contributed by atoms with Gasteiger partial charge in [0.25, 0.3) is 0 Å². The van der Waals surface area contributed by atoms with Crippen LogP contribution in [0.5, 0.6) is 0 Å². The highest BCUT2D eigenvalue weighted by Gasteiger charge is 2.22. The van der Waals surface area contributed by atoms with Gasteiger partial charge in [0.2, 0.25) is 0 Å². The van der Waals surface area contributed by atoms with Gasteiger partial charge in [-0.15, -0.1) is 0 Å². The largest absolute Gasteiger partial charge is 0.289 e. The van der Waals surface area contributed by atoms with Crippen molar-refractivity contribution in [2.24, 2.45) is 0 Å². The van der Waals surface area contributed by atoms with E-state index >= 15 is 0 Å². The third kappa shape index (κ3) is 0.644. The van der Waals surface area contributed by atoms with Crippen LogP contribution in [0.15, 0.2) is 0 Å². The molecule has 0 aromatic heterocycles. The molecule has 0 N–H and O–H groups in total. The second kappa shape index (κ2) is 1.71. The van der Waals surface area contributed by atoms with E-state index in [0.717, 1.165) is 0 Å². The van der Waals surface area contributed by atoms with Crippen molar-refractivity contribution in [3.05, 3.63) is 0 Å². The van der Waals surface area contributed by atoms with Gasteiger partial charge in [-0.05, 0) is 6.42 Å². The molecule has 2 nitrogen and oxygen atoms in total. The Balaban J connectivity index is 2.03. The minimum Gasteiger partial charge on any atom is -0.289 e. The van der Waals surface area contributed by atoms with Crippen molar-refractivity contribution in [1.29, 1.82) is 0 Å². The summed E-state index contributed by atoms with van der Waals surface area (Å²) in [5, 5.41) is 0. The fourth-order valence-corrected chi connectivity index (χ4v) is 1.59. The normalized spacial score (nSPS) is 45.0. The van der Waals surface area contributed by atoms with Gasteiger partial charge >= 0.3 is 0 Å². The molecule has 0 aromatic rings. The monoisotopic (exact) mass is 112 g/mol. The average Bonchev–Trinajstić information content (AvgIpc) is 2.12. The maximum atomic E-state index is 2.52. The molecule has 2 fully saturated rings. The van der Waals surface area contributed by atoms with E-state index in [1.54, 1.807) is 0 Å². The van der Waals surface area contributed by atoms with E-state index in [1.165, 1.54) is 39.3 Å². The highest BCUT2D eigenvalue weighted by atomic mass is 15.4. The van der Waals surface area contributed by atoms with Crippen LogP contribution >= 0.6 is 0 Å². The van der Waals surface area contributed by atoms with E-state index in [0.29, 0.717) is 0 Å². The maximum Gasteiger partial charge on any atom is 0.0507 e. The second-order valence-corrected chi connectivity index (χ2v) is 2.73. The summed E-state index contributed by atoms with van der Waals surface area (Å²) < 4.78 is 0. The highest BCUT2D eigenvalue weighted by molar-refractivity contribution is 4.75. The Morgan fingerprint density at radius 1 is 0.750 bits per heavy atom. The van der Waals surface area contributed by atoms with Crippen molar-refractivity contribution in [3.8, 4) is 0 Å². The van der Waals surface area contributed by atoms with Gasteiger partial charge in [-0.1, -0.05) is 0 Å². The molecule has 2 aliphatic rings. The Bertz CT molecular complexity index is 78.5. The quantitative estimate of drug-likeness (QED) is 0.434. The molecule has 2 bridgehead atoms. The molecule has 0 aliphatic carbocycles. The van der Waals surface area contributed by atoms with Crippen LogP contribution in [0, 0.1) is 0 Å². The van der Waals surface area contributed by atoms with Crippen molar-refractivity contribution in [2.75, 3.05) is 32.8 Å². The van der Waals surface area contributed by atoms with Crippen molar-refractivity contribution in [1.82, 2.24) is 9.80 Å². The topological polar surface area (TPSA) is 6.48 Å². The summed E-state index contributed by atoms with van der Waals surface area (Å²) in [6.45, 7) is 6.58. The molecule has 2 unspecified atom stereocenters. The molecule has 2 atom stereocenters. The van der Waals surface area contributed by atoms with Gasteiger partial charge < -0.3 is 0 Å². The first-order valence-electron chi connectivity index (χ1n) is 3.40. The zero-order valence-corrected chi connectivity index (χ0v) is 5.14. The number of fused-ring (bicyclic) bond motifs is 2. The zero-order valence-electron chi connectivity index (χ0n) is 5.14. The summed E-state index contributed by atoms with van der Waals surface area (Å²) in [5.41, 5.74) is 0. The predicted molar refractivity (Wildman–Crippen MR) is 32.6 cm³/mol. The van der Waals surface area contributed by atoms with Crippen molar-refractivity contribution in [2.45, 2.75) is 6.42 Å². The number of hydrogen-bond donors (Lipinski definition) is 0. The Morgan fingerprint density at radius 2 is 1.38 bits per heavy atom. The van der Waals surface area contributed by atoms with Crippen molar-refractivity contribution >= 4 is 0 Å². The predicted octanol–water partition coefficient (Wildman–Crippen LogP) is -0.0348. The third-order valence-corrected chi connectivity index (χ3v) is 2.08. The Kier molecular flexibility index (Phi) is 1.02. The average molecular weight is 112 g/mol. The molecule has 2 aliphatic heterocycles. The van der Waals surface area contributed by atoms with Gasteiger partial charge in [0.1, 0.15) is 0 Å². The Hall–Kier alpha value is -0.0800. The molecular formula is C6H12N2. The van der Waals surface area contributed by atoms with Gasteiger partial charge in [0.15, 0.2) is 0 Å². The lowest BCUT2D eigenvalue weighted by atomic mass is 10.3.